The Morgan fingerprint density at radius 1 is 1.09 bits per heavy atom. The summed E-state index contributed by atoms with van der Waals surface area (Å²) in [5.74, 6) is -0.741. The molecule has 23 heavy (non-hydrogen) atoms. The van der Waals surface area contributed by atoms with E-state index in [1.165, 1.54) is 0 Å². The fourth-order valence-electron chi connectivity index (χ4n) is 2.15. The van der Waals surface area contributed by atoms with Gasteiger partial charge in [0, 0.05) is 5.56 Å². The quantitative estimate of drug-likeness (QED) is 0.887. The van der Waals surface area contributed by atoms with Crippen LogP contribution in [-0.2, 0) is 4.79 Å². The van der Waals surface area contributed by atoms with Crippen LogP contribution in [0.15, 0.2) is 54.6 Å². The number of aryl methyl sites for hydroxylation is 1. The minimum Gasteiger partial charge on any atom is -0.343 e. The lowest BCUT2D eigenvalue weighted by atomic mass is 10.0. The van der Waals surface area contributed by atoms with Crippen LogP contribution < -0.4 is 10.6 Å². The van der Waals surface area contributed by atoms with Gasteiger partial charge in [0.2, 0.25) is 5.91 Å². The van der Waals surface area contributed by atoms with Crippen LogP contribution in [0.2, 0.25) is 0 Å². The first-order chi connectivity index (χ1) is 11.1. The van der Waals surface area contributed by atoms with Crippen LogP contribution in [-0.4, -0.2) is 18.4 Å². The number of nitriles is 1. The third kappa shape index (κ3) is 4.42. The third-order valence-electron chi connectivity index (χ3n) is 3.38. The molecule has 0 aliphatic carbocycles. The number of hydrogen-bond donors (Lipinski definition) is 2. The lowest BCUT2D eigenvalue weighted by Gasteiger charge is -2.14. The molecular formula is C18H17N3O2. The molecule has 5 nitrogen and oxygen atoms in total. The maximum absolute atomic E-state index is 12.0. The zero-order chi connectivity index (χ0) is 16.7. The van der Waals surface area contributed by atoms with Crippen molar-refractivity contribution in [1.29, 1.82) is 5.26 Å². The van der Waals surface area contributed by atoms with Crippen molar-refractivity contribution in [3.05, 3.63) is 71.3 Å². The molecule has 0 spiro atoms. The van der Waals surface area contributed by atoms with Crippen LogP contribution >= 0.6 is 0 Å². The molecule has 0 aromatic heterocycles. The summed E-state index contributed by atoms with van der Waals surface area (Å²) in [7, 11) is 0. The predicted molar refractivity (Wildman–Crippen MR) is 86.5 cm³/mol. The third-order valence-corrected chi connectivity index (χ3v) is 3.38. The minimum atomic E-state index is -0.739. The van der Waals surface area contributed by atoms with Crippen molar-refractivity contribution in [1.82, 2.24) is 10.6 Å². The number of benzene rings is 2. The van der Waals surface area contributed by atoms with Crippen LogP contribution in [0, 0.1) is 18.3 Å². The molecule has 0 fully saturated rings. The number of nitrogens with one attached hydrogen (secondary N) is 2. The number of hydrogen-bond acceptors (Lipinski definition) is 3. The molecule has 5 heteroatoms. The van der Waals surface area contributed by atoms with E-state index in [1.807, 2.05) is 31.2 Å². The summed E-state index contributed by atoms with van der Waals surface area (Å²) in [5.41, 5.74) is 2.15. The summed E-state index contributed by atoms with van der Waals surface area (Å²) >= 11 is 0. The van der Waals surface area contributed by atoms with Gasteiger partial charge in [0.15, 0.2) is 0 Å². The van der Waals surface area contributed by atoms with Crippen molar-refractivity contribution < 1.29 is 9.59 Å². The second-order valence-electron chi connectivity index (χ2n) is 5.03. The molecule has 2 aromatic rings. The first kappa shape index (κ1) is 16.2. The molecule has 2 amide bonds. The van der Waals surface area contributed by atoms with E-state index in [-0.39, 0.29) is 12.5 Å². The van der Waals surface area contributed by atoms with Crippen molar-refractivity contribution in [3.63, 3.8) is 0 Å². The second-order valence-corrected chi connectivity index (χ2v) is 5.03. The van der Waals surface area contributed by atoms with Crippen LogP contribution in [0.1, 0.15) is 27.5 Å². The summed E-state index contributed by atoms with van der Waals surface area (Å²) in [6, 6.07) is 17.3. The lowest BCUT2D eigenvalue weighted by molar-refractivity contribution is -0.120. The minimum absolute atomic E-state index is 0.183. The van der Waals surface area contributed by atoms with E-state index in [0.717, 1.165) is 11.1 Å². The topological polar surface area (TPSA) is 82.0 Å². The van der Waals surface area contributed by atoms with Crippen molar-refractivity contribution in [3.8, 4) is 6.07 Å². The van der Waals surface area contributed by atoms with E-state index in [0.29, 0.717) is 5.56 Å². The Morgan fingerprint density at radius 3 is 2.39 bits per heavy atom. The molecule has 1 atom stereocenters. The van der Waals surface area contributed by atoms with Crippen molar-refractivity contribution in [2.24, 2.45) is 0 Å². The van der Waals surface area contributed by atoms with Crippen LogP contribution in [0.25, 0.3) is 0 Å². The molecule has 0 saturated heterocycles. The van der Waals surface area contributed by atoms with Gasteiger partial charge < -0.3 is 10.6 Å². The fourth-order valence-corrected chi connectivity index (χ4v) is 2.15. The van der Waals surface area contributed by atoms with E-state index >= 15 is 0 Å². The average molecular weight is 307 g/mol. The molecule has 116 valence electrons. The summed E-state index contributed by atoms with van der Waals surface area (Å²) in [6.07, 6.45) is 0. The fraction of sp³-hybridized carbons (Fsp3) is 0.167. The van der Waals surface area contributed by atoms with Crippen LogP contribution in [0.5, 0.6) is 0 Å². The average Bonchev–Trinajstić information content (AvgIpc) is 2.59. The smallest absolute Gasteiger partial charge is 0.251 e. The maximum Gasteiger partial charge on any atom is 0.251 e. The molecule has 2 rings (SSSR count). The Balaban J connectivity index is 1.93. The number of carbonyl (C=O) groups excluding carboxylic acids is 2. The zero-order valence-corrected chi connectivity index (χ0v) is 12.7. The predicted octanol–water partition coefficient (Wildman–Crippen LogP) is 2.11. The van der Waals surface area contributed by atoms with Gasteiger partial charge in [-0.1, -0.05) is 42.5 Å². The van der Waals surface area contributed by atoms with E-state index < -0.39 is 11.9 Å². The summed E-state index contributed by atoms with van der Waals surface area (Å²) < 4.78 is 0. The highest BCUT2D eigenvalue weighted by molar-refractivity contribution is 5.96. The summed E-state index contributed by atoms with van der Waals surface area (Å²) in [6.45, 7) is 1.70. The number of carbonyl (C=O) groups is 2. The highest BCUT2D eigenvalue weighted by Crippen LogP contribution is 2.16. The molecule has 0 bridgehead atoms. The first-order valence-corrected chi connectivity index (χ1v) is 7.19. The van der Waals surface area contributed by atoms with Crippen LogP contribution in [0.4, 0.5) is 0 Å². The molecule has 0 heterocycles. The van der Waals surface area contributed by atoms with Gasteiger partial charge >= 0.3 is 0 Å². The Labute approximate surface area is 134 Å². The molecular weight excluding hydrogens is 290 g/mol. The highest BCUT2D eigenvalue weighted by Gasteiger charge is 2.16. The maximum atomic E-state index is 12.0. The van der Waals surface area contributed by atoms with E-state index in [9.17, 15) is 14.9 Å². The van der Waals surface area contributed by atoms with Gasteiger partial charge in [-0.25, -0.2) is 0 Å². The Morgan fingerprint density at radius 2 is 1.74 bits per heavy atom. The largest absolute Gasteiger partial charge is 0.343 e. The normalized spacial score (nSPS) is 11.1. The second kappa shape index (κ2) is 7.76. The lowest BCUT2D eigenvalue weighted by Crippen LogP contribution is -2.38. The molecule has 2 N–H and O–H groups in total. The van der Waals surface area contributed by atoms with E-state index in [1.54, 1.807) is 30.3 Å². The molecule has 0 radical (unpaired) electrons. The monoisotopic (exact) mass is 307 g/mol. The Kier molecular flexibility index (Phi) is 5.48. The summed E-state index contributed by atoms with van der Waals surface area (Å²) in [4.78, 5) is 23.8. The standard InChI is InChI=1S/C18H17N3O2/c1-13-7-5-6-10-15(13)16(11-19)21-17(22)12-20-18(23)14-8-3-2-4-9-14/h2-10,16H,12H2,1H3,(H,20,23)(H,21,22). The van der Waals surface area contributed by atoms with Gasteiger partial charge in [-0.2, -0.15) is 5.26 Å². The molecule has 0 aliphatic heterocycles. The van der Waals surface area contributed by atoms with Crippen LogP contribution in [0.3, 0.4) is 0 Å². The van der Waals surface area contributed by atoms with Crippen molar-refractivity contribution in [2.45, 2.75) is 13.0 Å². The number of nitrogens with zero attached hydrogens (tertiary/aromatic N) is 1. The van der Waals surface area contributed by atoms with E-state index in [4.69, 9.17) is 0 Å². The van der Waals surface area contributed by atoms with Gasteiger partial charge in [0.05, 0.1) is 12.6 Å². The van der Waals surface area contributed by atoms with Crippen molar-refractivity contribution >= 4 is 11.8 Å². The van der Waals surface area contributed by atoms with Crippen molar-refractivity contribution in [2.75, 3.05) is 6.54 Å². The number of amides is 2. The SMILES string of the molecule is Cc1ccccc1C(C#N)NC(=O)CNC(=O)c1ccccc1. The number of rotatable bonds is 5. The molecule has 2 aromatic carbocycles. The van der Waals surface area contributed by atoms with Gasteiger partial charge in [-0.15, -0.1) is 0 Å². The Bertz CT molecular complexity index is 735. The van der Waals surface area contributed by atoms with Gasteiger partial charge in [-0.3, -0.25) is 9.59 Å². The molecule has 0 aliphatic rings. The zero-order valence-electron chi connectivity index (χ0n) is 12.7. The molecule has 1 unspecified atom stereocenters. The molecule has 0 saturated carbocycles. The summed E-state index contributed by atoms with van der Waals surface area (Å²) in [5, 5.41) is 14.4. The highest BCUT2D eigenvalue weighted by atomic mass is 16.2. The van der Waals surface area contributed by atoms with Gasteiger partial charge in [0.1, 0.15) is 6.04 Å². The first-order valence-electron chi connectivity index (χ1n) is 7.19. The van der Waals surface area contributed by atoms with Gasteiger partial charge in [-0.05, 0) is 30.2 Å². The Hall–Kier alpha value is -3.13. The van der Waals surface area contributed by atoms with E-state index in [2.05, 4.69) is 16.7 Å². The van der Waals surface area contributed by atoms with Gasteiger partial charge in [0.25, 0.3) is 5.91 Å².